The van der Waals surface area contributed by atoms with E-state index in [9.17, 15) is 9.18 Å². The zero-order valence-corrected chi connectivity index (χ0v) is 12.0. The Balaban J connectivity index is 1.95. The summed E-state index contributed by atoms with van der Waals surface area (Å²) < 4.78 is 12.8. The predicted molar refractivity (Wildman–Crippen MR) is 84.3 cm³/mol. The van der Waals surface area contributed by atoms with Crippen molar-refractivity contribution in [3.63, 3.8) is 0 Å². The van der Waals surface area contributed by atoms with Gasteiger partial charge in [0.2, 0.25) is 0 Å². The Bertz CT molecular complexity index is 631. The second kappa shape index (κ2) is 6.70. The van der Waals surface area contributed by atoms with Crippen molar-refractivity contribution in [2.75, 3.05) is 24.3 Å². The minimum atomic E-state index is -0.352. The van der Waals surface area contributed by atoms with Gasteiger partial charge in [-0.3, -0.25) is 4.79 Å². The largest absolute Gasteiger partial charge is 0.378 e. The maximum atomic E-state index is 12.8. The molecular weight excluding hydrogens is 267 g/mol. The second-order valence-corrected chi connectivity index (χ2v) is 4.79. The molecule has 0 amide bonds. The van der Waals surface area contributed by atoms with Crippen LogP contribution in [0.5, 0.6) is 0 Å². The molecule has 4 heteroatoms. The smallest absolute Gasteiger partial charge is 0.187 e. The number of rotatable bonds is 5. The summed E-state index contributed by atoms with van der Waals surface area (Å²) in [6, 6.07) is 13.3. The van der Waals surface area contributed by atoms with Crippen molar-refractivity contribution in [1.29, 1.82) is 0 Å². The number of nitrogens with one attached hydrogen (secondary N) is 1. The molecule has 0 unspecified atom stereocenters. The van der Waals surface area contributed by atoms with Crippen LogP contribution in [0.25, 0.3) is 0 Å². The number of ketones is 1. The second-order valence-electron chi connectivity index (χ2n) is 4.79. The Labute approximate surface area is 123 Å². The summed E-state index contributed by atoms with van der Waals surface area (Å²) in [5, 5.41) is 3.03. The van der Waals surface area contributed by atoms with E-state index in [0.29, 0.717) is 5.56 Å². The molecule has 2 rings (SSSR count). The molecule has 0 aliphatic carbocycles. The molecule has 21 heavy (non-hydrogen) atoms. The third-order valence-electron chi connectivity index (χ3n) is 3.00. The van der Waals surface area contributed by atoms with Crippen LogP contribution in [-0.4, -0.2) is 19.9 Å². The Morgan fingerprint density at radius 3 is 2.24 bits per heavy atom. The molecule has 2 aromatic rings. The molecule has 0 aliphatic heterocycles. The highest BCUT2D eigenvalue weighted by Crippen LogP contribution is 2.15. The van der Waals surface area contributed by atoms with Gasteiger partial charge < -0.3 is 10.2 Å². The first-order valence-corrected chi connectivity index (χ1v) is 6.56. The highest BCUT2D eigenvalue weighted by atomic mass is 19.1. The molecule has 0 saturated carbocycles. The van der Waals surface area contributed by atoms with Crippen LogP contribution in [0.1, 0.15) is 10.4 Å². The van der Waals surface area contributed by atoms with Gasteiger partial charge in [0.1, 0.15) is 5.82 Å². The standard InChI is InChI=1S/C17H17FN2O/c1-20(2)16-9-7-15(8-10-16)19-12-11-17(21)13-3-5-14(18)6-4-13/h3-12,19H,1-2H3/b12-11+. The van der Waals surface area contributed by atoms with Crippen molar-refractivity contribution >= 4 is 17.2 Å². The van der Waals surface area contributed by atoms with Crippen LogP contribution < -0.4 is 10.2 Å². The topological polar surface area (TPSA) is 32.3 Å². The number of carbonyl (C=O) groups is 1. The minimum absolute atomic E-state index is 0.174. The van der Waals surface area contributed by atoms with Gasteiger partial charge in [-0.25, -0.2) is 4.39 Å². The van der Waals surface area contributed by atoms with Crippen LogP contribution in [0, 0.1) is 5.82 Å². The van der Waals surface area contributed by atoms with Gasteiger partial charge in [0.15, 0.2) is 5.78 Å². The van der Waals surface area contributed by atoms with Gasteiger partial charge >= 0.3 is 0 Å². The quantitative estimate of drug-likeness (QED) is 0.671. The van der Waals surface area contributed by atoms with E-state index in [4.69, 9.17) is 0 Å². The maximum Gasteiger partial charge on any atom is 0.187 e. The Kier molecular flexibility index (Phi) is 4.72. The van der Waals surface area contributed by atoms with Crippen molar-refractivity contribution in [1.82, 2.24) is 0 Å². The molecule has 2 aromatic carbocycles. The number of nitrogens with zero attached hydrogens (tertiary/aromatic N) is 1. The van der Waals surface area contributed by atoms with Crippen molar-refractivity contribution in [2.45, 2.75) is 0 Å². The number of hydrogen-bond donors (Lipinski definition) is 1. The zero-order valence-electron chi connectivity index (χ0n) is 12.0. The van der Waals surface area contributed by atoms with Gasteiger partial charge in [-0.2, -0.15) is 0 Å². The molecule has 0 heterocycles. The minimum Gasteiger partial charge on any atom is -0.378 e. The lowest BCUT2D eigenvalue weighted by molar-refractivity contribution is 0.104. The fourth-order valence-electron chi connectivity index (χ4n) is 1.78. The van der Waals surface area contributed by atoms with Crippen molar-refractivity contribution in [2.24, 2.45) is 0 Å². The van der Waals surface area contributed by atoms with Gasteiger partial charge in [0.25, 0.3) is 0 Å². The van der Waals surface area contributed by atoms with Crippen molar-refractivity contribution in [3.8, 4) is 0 Å². The van der Waals surface area contributed by atoms with E-state index in [2.05, 4.69) is 5.32 Å². The first kappa shape index (κ1) is 14.8. The summed E-state index contributed by atoms with van der Waals surface area (Å²) in [7, 11) is 3.95. The molecule has 0 bridgehead atoms. The zero-order chi connectivity index (χ0) is 15.2. The fourth-order valence-corrected chi connectivity index (χ4v) is 1.78. The highest BCUT2D eigenvalue weighted by Gasteiger charge is 2.01. The Hall–Kier alpha value is -2.62. The SMILES string of the molecule is CN(C)c1ccc(N/C=C/C(=O)c2ccc(F)cc2)cc1. The lowest BCUT2D eigenvalue weighted by Gasteiger charge is -2.12. The molecule has 0 radical (unpaired) electrons. The summed E-state index contributed by atoms with van der Waals surface area (Å²) in [5.41, 5.74) is 2.45. The normalized spacial score (nSPS) is 10.6. The molecule has 1 N–H and O–H groups in total. The third-order valence-corrected chi connectivity index (χ3v) is 3.00. The number of allylic oxidation sites excluding steroid dienone is 1. The fraction of sp³-hybridized carbons (Fsp3) is 0.118. The molecule has 0 atom stereocenters. The predicted octanol–water partition coefficient (Wildman–Crippen LogP) is 3.70. The van der Waals surface area contributed by atoms with E-state index >= 15 is 0 Å². The lowest BCUT2D eigenvalue weighted by Crippen LogP contribution is -2.08. The number of anilines is 2. The number of carbonyl (C=O) groups excluding carboxylic acids is 1. The first-order valence-electron chi connectivity index (χ1n) is 6.56. The molecule has 0 aromatic heterocycles. The molecule has 0 spiro atoms. The Morgan fingerprint density at radius 1 is 1.05 bits per heavy atom. The molecule has 3 nitrogen and oxygen atoms in total. The van der Waals surface area contributed by atoms with Crippen LogP contribution in [0.2, 0.25) is 0 Å². The first-order chi connectivity index (χ1) is 10.1. The summed E-state index contributed by atoms with van der Waals surface area (Å²) in [6.45, 7) is 0. The van der Waals surface area contributed by atoms with Crippen LogP contribution >= 0.6 is 0 Å². The highest BCUT2D eigenvalue weighted by molar-refractivity contribution is 6.04. The monoisotopic (exact) mass is 284 g/mol. The molecule has 108 valence electrons. The van der Waals surface area contributed by atoms with Crippen LogP contribution in [-0.2, 0) is 0 Å². The van der Waals surface area contributed by atoms with Gasteiger partial charge in [-0.15, -0.1) is 0 Å². The number of hydrogen-bond acceptors (Lipinski definition) is 3. The molecule has 0 fully saturated rings. The van der Waals surface area contributed by atoms with Crippen LogP contribution in [0.3, 0.4) is 0 Å². The van der Waals surface area contributed by atoms with E-state index in [1.807, 2.05) is 43.3 Å². The lowest BCUT2D eigenvalue weighted by atomic mass is 10.1. The van der Waals surface area contributed by atoms with E-state index in [0.717, 1.165) is 11.4 Å². The summed E-state index contributed by atoms with van der Waals surface area (Å²) >= 11 is 0. The van der Waals surface area contributed by atoms with Gasteiger partial charge in [0, 0.05) is 43.3 Å². The number of halogens is 1. The Morgan fingerprint density at radius 2 is 1.67 bits per heavy atom. The maximum absolute atomic E-state index is 12.8. The van der Waals surface area contributed by atoms with Gasteiger partial charge in [-0.1, -0.05) is 0 Å². The average molecular weight is 284 g/mol. The molecular formula is C17H17FN2O. The van der Waals surface area contributed by atoms with Crippen molar-refractivity contribution < 1.29 is 9.18 Å². The average Bonchev–Trinajstić information content (AvgIpc) is 2.48. The van der Waals surface area contributed by atoms with Crippen LogP contribution in [0.15, 0.2) is 60.8 Å². The molecule has 0 aliphatic rings. The van der Waals surface area contributed by atoms with E-state index in [1.165, 1.54) is 30.3 Å². The van der Waals surface area contributed by atoms with Gasteiger partial charge in [0.05, 0.1) is 0 Å². The van der Waals surface area contributed by atoms with Crippen molar-refractivity contribution in [3.05, 3.63) is 72.2 Å². The van der Waals surface area contributed by atoms with Crippen LogP contribution in [0.4, 0.5) is 15.8 Å². The summed E-state index contributed by atoms with van der Waals surface area (Å²) in [6.07, 6.45) is 3.00. The third kappa shape index (κ3) is 4.18. The summed E-state index contributed by atoms with van der Waals surface area (Å²) in [5.74, 6) is -0.526. The van der Waals surface area contributed by atoms with Gasteiger partial charge in [-0.05, 0) is 48.5 Å². The number of benzene rings is 2. The van der Waals surface area contributed by atoms with E-state index < -0.39 is 0 Å². The summed E-state index contributed by atoms with van der Waals surface area (Å²) in [4.78, 5) is 13.8. The van der Waals surface area contributed by atoms with E-state index in [-0.39, 0.29) is 11.6 Å². The molecule has 0 saturated heterocycles. The van der Waals surface area contributed by atoms with E-state index in [1.54, 1.807) is 6.20 Å².